The first kappa shape index (κ1) is 29.9. The van der Waals surface area contributed by atoms with Gasteiger partial charge in [0.2, 0.25) is 17.6 Å². The molecule has 5 atom stereocenters. The maximum absolute atomic E-state index is 13.9. The molecule has 1 unspecified atom stereocenters. The molecule has 3 fully saturated rings. The van der Waals surface area contributed by atoms with E-state index in [0.717, 1.165) is 19.3 Å². The van der Waals surface area contributed by atoms with Crippen LogP contribution in [0.3, 0.4) is 0 Å². The average molecular weight is 535 g/mol. The number of carbonyl (C=O) groups is 5. The van der Waals surface area contributed by atoms with E-state index in [9.17, 15) is 24.0 Å². The Morgan fingerprint density at radius 2 is 1.61 bits per heavy atom. The number of nitrogens with zero attached hydrogens (tertiary/aromatic N) is 1. The van der Waals surface area contributed by atoms with Crippen LogP contribution >= 0.6 is 0 Å². The highest BCUT2D eigenvalue weighted by molar-refractivity contribution is 6.38. The van der Waals surface area contributed by atoms with Crippen molar-refractivity contribution in [1.29, 1.82) is 0 Å². The molecule has 0 radical (unpaired) electrons. The molecule has 0 spiro atoms. The fourth-order valence-corrected chi connectivity index (χ4v) is 5.89. The molecule has 4 amide bonds. The van der Waals surface area contributed by atoms with Gasteiger partial charge in [0.05, 0.1) is 6.04 Å². The summed E-state index contributed by atoms with van der Waals surface area (Å²) >= 11 is 0. The lowest BCUT2D eigenvalue weighted by Gasteiger charge is -2.38. The molecule has 3 rings (SSSR count). The van der Waals surface area contributed by atoms with Gasteiger partial charge in [-0.3, -0.25) is 19.2 Å². The number of ketones is 1. The van der Waals surface area contributed by atoms with Gasteiger partial charge < -0.3 is 25.6 Å². The van der Waals surface area contributed by atoms with Crippen molar-refractivity contribution in [2.75, 3.05) is 13.6 Å². The number of likely N-dealkylation sites (tertiary alicyclic amines) is 1. The van der Waals surface area contributed by atoms with E-state index in [2.05, 4.69) is 29.8 Å². The highest BCUT2D eigenvalue weighted by atomic mass is 16.6. The third kappa shape index (κ3) is 6.31. The van der Waals surface area contributed by atoms with Crippen LogP contribution in [0.25, 0.3) is 0 Å². The minimum Gasteiger partial charge on any atom is -0.444 e. The molecule has 38 heavy (non-hydrogen) atoms. The van der Waals surface area contributed by atoms with Gasteiger partial charge in [0, 0.05) is 13.6 Å². The first-order valence-corrected chi connectivity index (χ1v) is 13.7. The van der Waals surface area contributed by atoms with Gasteiger partial charge in [-0.25, -0.2) is 4.79 Å². The maximum Gasteiger partial charge on any atom is 0.408 e. The van der Waals surface area contributed by atoms with E-state index in [1.54, 1.807) is 25.7 Å². The Labute approximate surface area is 226 Å². The third-order valence-corrected chi connectivity index (χ3v) is 8.41. The van der Waals surface area contributed by atoms with Crippen molar-refractivity contribution in [3.63, 3.8) is 0 Å². The molecule has 10 heteroatoms. The number of carbonyl (C=O) groups excluding carboxylic acids is 5. The number of hydrogen-bond acceptors (Lipinski definition) is 6. The van der Waals surface area contributed by atoms with Gasteiger partial charge in [-0.1, -0.05) is 53.9 Å². The zero-order chi connectivity index (χ0) is 28.8. The van der Waals surface area contributed by atoms with Crippen LogP contribution in [0.5, 0.6) is 0 Å². The van der Waals surface area contributed by atoms with Crippen LogP contribution in [0, 0.1) is 28.6 Å². The molecule has 214 valence electrons. The van der Waals surface area contributed by atoms with Gasteiger partial charge in [0.1, 0.15) is 17.7 Å². The first-order valence-electron chi connectivity index (χ1n) is 13.7. The van der Waals surface area contributed by atoms with Crippen LogP contribution in [0.2, 0.25) is 0 Å². The van der Waals surface area contributed by atoms with Crippen LogP contribution in [0.15, 0.2) is 0 Å². The highest BCUT2D eigenvalue weighted by Crippen LogP contribution is 2.65. The molecule has 1 heterocycles. The van der Waals surface area contributed by atoms with Crippen LogP contribution < -0.4 is 16.0 Å². The molecule has 2 aliphatic carbocycles. The van der Waals surface area contributed by atoms with Crippen molar-refractivity contribution in [2.45, 2.75) is 105 Å². The summed E-state index contributed by atoms with van der Waals surface area (Å²) in [4.78, 5) is 66.9. The zero-order valence-electron chi connectivity index (χ0n) is 24.4. The summed E-state index contributed by atoms with van der Waals surface area (Å²) in [6, 6.07) is -2.66. The van der Waals surface area contributed by atoms with Crippen LogP contribution in [-0.2, 0) is 23.9 Å². The van der Waals surface area contributed by atoms with Gasteiger partial charge in [-0.2, -0.15) is 0 Å². The van der Waals surface area contributed by atoms with Crippen LogP contribution in [-0.4, -0.2) is 71.8 Å². The quantitative estimate of drug-likeness (QED) is 0.410. The Kier molecular flexibility index (Phi) is 8.25. The normalized spacial score (nSPS) is 25.8. The SMILES string of the molecule is CNC(=O)C(=O)C(CC1CCC1)NC(=O)[C@@H]1[C@@H]2[C@H](CN1C(=O)[C@@H](NC(=O)OC(C)(C)C)C(C)(C)C)C2(C)C. The van der Waals surface area contributed by atoms with Crippen molar-refractivity contribution >= 4 is 29.6 Å². The molecule has 0 aromatic carbocycles. The van der Waals surface area contributed by atoms with Gasteiger partial charge in [0.15, 0.2) is 0 Å². The number of piperidine rings is 1. The predicted octanol–water partition coefficient (Wildman–Crippen LogP) is 2.40. The van der Waals surface area contributed by atoms with Crippen LogP contribution in [0.1, 0.15) is 81.1 Å². The van der Waals surface area contributed by atoms with E-state index in [1.165, 1.54) is 7.05 Å². The zero-order valence-corrected chi connectivity index (χ0v) is 24.4. The lowest BCUT2D eigenvalue weighted by atomic mass is 9.80. The van der Waals surface area contributed by atoms with Gasteiger partial charge >= 0.3 is 6.09 Å². The van der Waals surface area contributed by atoms with Gasteiger partial charge in [0.25, 0.3) is 5.91 Å². The number of nitrogens with one attached hydrogen (secondary N) is 3. The maximum atomic E-state index is 13.9. The van der Waals surface area contributed by atoms with E-state index >= 15 is 0 Å². The van der Waals surface area contributed by atoms with E-state index in [0.29, 0.717) is 13.0 Å². The Morgan fingerprint density at radius 3 is 2.08 bits per heavy atom. The Hall–Kier alpha value is -2.65. The molecule has 1 aliphatic heterocycles. The Morgan fingerprint density at radius 1 is 1.00 bits per heavy atom. The second-order valence-corrected chi connectivity index (χ2v) is 13.9. The Balaban J connectivity index is 1.84. The molecular weight excluding hydrogens is 488 g/mol. The minimum absolute atomic E-state index is 0.0759. The van der Waals surface area contributed by atoms with Crippen molar-refractivity contribution < 1.29 is 28.7 Å². The number of alkyl carbamates (subject to hydrolysis) is 1. The third-order valence-electron chi connectivity index (χ3n) is 8.41. The van der Waals surface area contributed by atoms with Crippen molar-refractivity contribution in [3.05, 3.63) is 0 Å². The van der Waals surface area contributed by atoms with Crippen molar-refractivity contribution in [2.24, 2.45) is 28.6 Å². The molecule has 1 saturated heterocycles. The summed E-state index contributed by atoms with van der Waals surface area (Å²) in [6.45, 7) is 15.3. The Bertz CT molecular complexity index is 975. The highest BCUT2D eigenvalue weighted by Gasteiger charge is 2.70. The molecule has 2 saturated carbocycles. The number of ether oxygens (including phenoxy) is 1. The number of Topliss-reactive ketones (excluding diaryl/α,β-unsaturated/α-hetero) is 1. The standard InChI is InChI=1S/C28H46N4O6/c1-26(2,3)21(31-25(37)38-27(4,5)6)24(36)32-14-16-18(28(16,7)8)19(32)22(34)30-17(13-15-11-10-12-15)20(33)23(35)29-9/h15-19,21H,10-14H2,1-9H3,(H,29,35)(H,30,34)(H,31,37)/t16-,17?,18-,19-,21+/m0/s1. The lowest BCUT2D eigenvalue weighted by molar-refractivity contribution is -0.145. The molecule has 10 nitrogen and oxygen atoms in total. The van der Waals surface area contributed by atoms with E-state index in [1.807, 2.05) is 20.8 Å². The lowest BCUT2D eigenvalue weighted by Crippen LogP contribution is -2.61. The van der Waals surface area contributed by atoms with Gasteiger partial charge in [-0.05, 0) is 55.8 Å². The van der Waals surface area contributed by atoms with E-state index < -0.39 is 52.8 Å². The molecule has 0 aromatic heterocycles. The average Bonchev–Trinajstić information content (AvgIpc) is 3.08. The number of rotatable bonds is 8. The smallest absolute Gasteiger partial charge is 0.408 e. The predicted molar refractivity (Wildman–Crippen MR) is 142 cm³/mol. The molecule has 3 aliphatic rings. The fraction of sp³-hybridized carbons (Fsp3) is 0.821. The summed E-state index contributed by atoms with van der Waals surface area (Å²) < 4.78 is 5.40. The number of hydrogen-bond donors (Lipinski definition) is 3. The number of fused-ring (bicyclic) bond motifs is 1. The second kappa shape index (κ2) is 10.5. The summed E-state index contributed by atoms with van der Waals surface area (Å²) in [5.41, 5.74) is -1.52. The molecule has 3 N–H and O–H groups in total. The van der Waals surface area contributed by atoms with Crippen molar-refractivity contribution in [3.8, 4) is 0 Å². The number of amides is 4. The second-order valence-electron chi connectivity index (χ2n) is 13.9. The monoisotopic (exact) mass is 534 g/mol. The molecule has 0 bridgehead atoms. The minimum atomic E-state index is -0.941. The number of likely N-dealkylation sites (N-methyl/N-ethyl adjacent to an activating group) is 1. The van der Waals surface area contributed by atoms with Crippen LogP contribution in [0.4, 0.5) is 4.79 Å². The fourth-order valence-electron chi connectivity index (χ4n) is 5.89. The van der Waals surface area contributed by atoms with E-state index in [-0.39, 0.29) is 29.1 Å². The topological polar surface area (TPSA) is 134 Å². The summed E-state index contributed by atoms with van der Waals surface area (Å²) in [6.07, 6.45) is 2.70. The molecule has 0 aromatic rings. The summed E-state index contributed by atoms with van der Waals surface area (Å²) in [7, 11) is 1.39. The van der Waals surface area contributed by atoms with Gasteiger partial charge in [-0.15, -0.1) is 0 Å². The first-order chi connectivity index (χ1) is 17.4. The van der Waals surface area contributed by atoms with Crippen molar-refractivity contribution in [1.82, 2.24) is 20.9 Å². The summed E-state index contributed by atoms with van der Waals surface area (Å²) in [5.74, 6) is -1.87. The molecular formula is C28H46N4O6. The van der Waals surface area contributed by atoms with E-state index in [4.69, 9.17) is 4.74 Å². The largest absolute Gasteiger partial charge is 0.444 e. The summed E-state index contributed by atoms with van der Waals surface area (Å²) in [5, 5.41) is 7.94.